The second-order valence-corrected chi connectivity index (χ2v) is 8.82. The maximum atomic E-state index is 11.4. The van der Waals surface area contributed by atoms with Gasteiger partial charge in [0.15, 0.2) is 0 Å². The summed E-state index contributed by atoms with van der Waals surface area (Å²) in [5.74, 6) is -0.108. The van der Waals surface area contributed by atoms with Gasteiger partial charge in [0.2, 0.25) is 0 Å². The van der Waals surface area contributed by atoms with Gasteiger partial charge in [0, 0.05) is 6.42 Å². The zero-order chi connectivity index (χ0) is 21.2. The second kappa shape index (κ2) is 17.8. The van der Waals surface area contributed by atoms with Crippen LogP contribution in [0.15, 0.2) is 0 Å². The highest BCUT2D eigenvalue weighted by atomic mass is 16.6. The zero-order valence-electron chi connectivity index (χ0n) is 19.2. The minimum Gasteiger partial charge on any atom is -0.464 e. The smallest absolute Gasteiger partial charge is 0.313 e. The molecule has 0 amide bonds. The molecule has 1 heterocycles. The van der Waals surface area contributed by atoms with E-state index in [9.17, 15) is 9.59 Å². The Balaban J connectivity index is 1.89. The van der Waals surface area contributed by atoms with Gasteiger partial charge in [-0.1, -0.05) is 104 Å². The normalized spacial score (nSPS) is 19.4. The molecule has 1 rings (SSSR count). The molecule has 1 saturated heterocycles. The first kappa shape index (κ1) is 26.0. The second-order valence-electron chi connectivity index (χ2n) is 8.82. The minimum absolute atomic E-state index is 0.00573. The van der Waals surface area contributed by atoms with Crippen molar-refractivity contribution in [3.63, 3.8) is 0 Å². The average molecular weight is 411 g/mol. The highest BCUT2D eigenvalue weighted by Gasteiger charge is 2.42. The van der Waals surface area contributed by atoms with E-state index < -0.39 is 0 Å². The molecule has 0 aromatic carbocycles. The van der Waals surface area contributed by atoms with Crippen molar-refractivity contribution >= 4 is 12.4 Å². The van der Waals surface area contributed by atoms with Crippen LogP contribution in [0.5, 0.6) is 0 Å². The molecular weight excluding hydrogens is 364 g/mol. The van der Waals surface area contributed by atoms with Crippen molar-refractivity contribution in [1.29, 1.82) is 0 Å². The summed E-state index contributed by atoms with van der Waals surface area (Å²) in [5, 5.41) is 0. The Morgan fingerprint density at radius 1 is 0.828 bits per heavy atom. The summed E-state index contributed by atoms with van der Waals surface area (Å²) >= 11 is 0. The molecule has 29 heavy (non-hydrogen) atoms. The third kappa shape index (κ3) is 12.3. The summed E-state index contributed by atoms with van der Waals surface area (Å²) in [7, 11) is 0. The van der Waals surface area contributed by atoms with Gasteiger partial charge in [-0.2, -0.15) is 0 Å². The molecule has 0 aromatic rings. The van der Waals surface area contributed by atoms with E-state index in [1.807, 2.05) is 6.92 Å². The fourth-order valence-corrected chi connectivity index (χ4v) is 4.36. The average Bonchev–Trinajstić information content (AvgIpc) is 2.70. The molecule has 3 atom stereocenters. The Labute approximate surface area is 179 Å². The Kier molecular flexibility index (Phi) is 15.9. The molecule has 0 unspecified atom stereocenters. The fourth-order valence-electron chi connectivity index (χ4n) is 4.36. The number of esters is 1. The number of hydrogen-bond donors (Lipinski definition) is 0. The van der Waals surface area contributed by atoms with E-state index in [1.165, 1.54) is 89.9 Å². The van der Waals surface area contributed by atoms with Crippen LogP contribution in [-0.4, -0.2) is 24.6 Å². The van der Waals surface area contributed by atoms with Gasteiger partial charge in [-0.15, -0.1) is 0 Å². The van der Waals surface area contributed by atoms with Gasteiger partial charge in [-0.3, -0.25) is 9.59 Å². The summed E-state index contributed by atoms with van der Waals surface area (Å²) in [6.07, 6.45) is 22.4. The van der Waals surface area contributed by atoms with E-state index >= 15 is 0 Å². The molecule has 0 N–H and O–H groups in total. The Morgan fingerprint density at radius 3 is 1.72 bits per heavy atom. The summed E-state index contributed by atoms with van der Waals surface area (Å²) in [6, 6.07) is 0. The molecule has 170 valence electrons. The lowest BCUT2D eigenvalue weighted by Crippen LogP contribution is -2.46. The third-order valence-electron chi connectivity index (χ3n) is 6.33. The lowest BCUT2D eigenvalue weighted by atomic mass is 9.89. The lowest BCUT2D eigenvalue weighted by molar-refractivity contribution is -0.188. The topological polar surface area (TPSA) is 52.6 Å². The van der Waals surface area contributed by atoms with Crippen LogP contribution in [0.1, 0.15) is 129 Å². The van der Waals surface area contributed by atoms with Gasteiger partial charge in [-0.05, 0) is 19.3 Å². The predicted octanol–water partition coefficient (Wildman–Crippen LogP) is 7.13. The summed E-state index contributed by atoms with van der Waals surface area (Å²) in [5.41, 5.74) is 0. The molecule has 4 heteroatoms. The predicted molar refractivity (Wildman–Crippen MR) is 119 cm³/mol. The van der Waals surface area contributed by atoms with E-state index in [2.05, 4.69) is 6.92 Å². The molecule has 0 aromatic heterocycles. The number of cyclic esters (lactones) is 1. The van der Waals surface area contributed by atoms with Crippen LogP contribution in [0.2, 0.25) is 0 Å². The van der Waals surface area contributed by atoms with Crippen molar-refractivity contribution in [3.8, 4) is 0 Å². The quantitative estimate of drug-likeness (QED) is 0.115. The van der Waals surface area contributed by atoms with Crippen molar-refractivity contribution in [1.82, 2.24) is 0 Å². The van der Waals surface area contributed by atoms with Crippen molar-refractivity contribution in [2.24, 2.45) is 5.92 Å². The molecule has 0 bridgehead atoms. The largest absolute Gasteiger partial charge is 0.464 e. The third-order valence-corrected chi connectivity index (χ3v) is 6.33. The number of carbonyl (C=O) groups excluding carboxylic acids is 2. The van der Waals surface area contributed by atoms with E-state index in [0.717, 1.165) is 19.3 Å². The standard InChI is InChI=1S/C25H46O4/c1-3-5-6-7-8-9-10-11-12-13-14-15-16-17-18-19-22(28-21-26)20-24-23(4-2)25(27)29-24/h21-24H,3-20H2,1-2H3/t22-,23-,24-/m1/s1. The fraction of sp³-hybridized carbons (Fsp3) is 0.920. The van der Waals surface area contributed by atoms with E-state index in [0.29, 0.717) is 12.9 Å². The van der Waals surface area contributed by atoms with Crippen molar-refractivity contribution in [2.45, 2.75) is 142 Å². The molecule has 0 saturated carbocycles. The molecule has 4 nitrogen and oxygen atoms in total. The van der Waals surface area contributed by atoms with E-state index in [4.69, 9.17) is 9.47 Å². The van der Waals surface area contributed by atoms with Gasteiger partial charge in [0.1, 0.15) is 12.2 Å². The summed E-state index contributed by atoms with van der Waals surface area (Å²) < 4.78 is 10.4. The van der Waals surface area contributed by atoms with Crippen LogP contribution in [0.3, 0.4) is 0 Å². The summed E-state index contributed by atoms with van der Waals surface area (Å²) in [6.45, 7) is 4.82. The maximum Gasteiger partial charge on any atom is 0.313 e. The van der Waals surface area contributed by atoms with Crippen LogP contribution in [-0.2, 0) is 19.1 Å². The molecule has 0 aliphatic carbocycles. The van der Waals surface area contributed by atoms with Gasteiger partial charge < -0.3 is 9.47 Å². The first-order valence-electron chi connectivity index (χ1n) is 12.5. The SMILES string of the molecule is CCCCCCCCCCCCCCCCC[C@H](C[C@H]1OC(=O)[C@@H]1CC)OC=O. The number of rotatable bonds is 21. The number of hydrogen-bond acceptors (Lipinski definition) is 4. The van der Waals surface area contributed by atoms with Gasteiger partial charge in [-0.25, -0.2) is 0 Å². The molecule has 1 aliphatic heterocycles. The van der Waals surface area contributed by atoms with Crippen LogP contribution in [0.25, 0.3) is 0 Å². The van der Waals surface area contributed by atoms with Crippen molar-refractivity contribution in [2.75, 3.05) is 0 Å². The van der Waals surface area contributed by atoms with E-state index in [1.54, 1.807) is 0 Å². The first-order valence-corrected chi connectivity index (χ1v) is 12.5. The molecule has 0 radical (unpaired) electrons. The maximum absolute atomic E-state index is 11.4. The number of unbranched alkanes of at least 4 members (excludes halogenated alkanes) is 14. The molecular formula is C25H46O4. The highest BCUT2D eigenvalue weighted by Crippen LogP contribution is 2.30. The monoisotopic (exact) mass is 410 g/mol. The summed E-state index contributed by atoms with van der Waals surface area (Å²) in [4.78, 5) is 22.1. The van der Waals surface area contributed by atoms with Crippen LogP contribution in [0.4, 0.5) is 0 Å². The van der Waals surface area contributed by atoms with Crippen molar-refractivity contribution < 1.29 is 19.1 Å². The van der Waals surface area contributed by atoms with Crippen LogP contribution in [0, 0.1) is 5.92 Å². The van der Waals surface area contributed by atoms with Gasteiger partial charge in [0.25, 0.3) is 6.47 Å². The lowest BCUT2D eigenvalue weighted by Gasteiger charge is -2.36. The Morgan fingerprint density at radius 2 is 1.31 bits per heavy atom. The first-order chi connectivity index (χ1) is 14.2. The zero-order valence-corrected chi connectivity index (χ0v) is 19.2. The Bertz CT molecular complexity index is 410. The number of carbonyl (C=O) groups is 2. The van der Waals surface area contributed by atoms with E-state index in [-0.39, 0.29) is 24.1 Å². The molecule has 1 fully saturated rings. The van der Waals surface area contributed by atoms with Crippen LogP contribution < -0.4 is 0 Å². The number of ether oxygens (including phenoxy) is 2. The Hall–Kier alpha value is -1.06. The van der Waals surface area contributed by atoms with Gasteiger partial charge in [0.05, 0.1) is 5.92 Å². The van der Waals surface area contributed by atoms with Crippen molar-refractivity contribution in [3.05, 3.63) is 0 Å². The minimum atomic E-state index is -0.110. The molecule has 0 spiro atoms. The van der Waals surface area contributed by atoms with Crippen LogP contribution >= 0.6 is 0 Å². The molecule has 1 aliphatic rings. The highest BCUT2D eigenvalue weighted by molar-refractivity contribution is 5.78. The van der Waals surface area contributed by atoms with Gasteiger partial charge >= 0.3 is 5.97 Å².